The number of aromatic nitrogens is 2. The summed E-state index contributed by atoms with van der Waals surface area (Å²) in [4.78, 5) is 107. The molecular weight excluding hydrogens is 1070 g/mol. The van der Waals surface area contributed by atoms with Gasteiger partial charge in [0.25, 0.3) is 17.4 Å². The van der Waals surface area contributed by atoms with Gasteiger partial charge in [0.15, 0.2) is 11.4 Å². The Morgan fingerprint density at radius 2 is 1.27 bits per heavy atom. The van der Waals surface area contributed by atoms with E-state index in [9.17, 15) is 43.5 Å². The Morgan fingerprint density at radius 3 is 1.84 bits per heavy atom. The van der Waals surface area contributed by atoms with Gasteiger partial charge in [-0.25, -0.2) is 9.78 Å². The second kappa shape index (κ2) is 31.1. The number of hydrogen-bond donors (Lipinski definition) is 5. The summed E-state index contributed by atoms with van der Waals surface area (Å²) in [6, 6.07) is 3.14. The van der Waals surface area contributed by atoms with Crippen LogP contribution in [-0.2, 0) is 101 Å². The van der Waals surface area contributed by atoms with Gasteiger partial charge in [-0.2, -0.15) is 0 Å². The number of carbonyl (C=O) groups excluding carboxylic acids is 7. The van der Waals surface area contributed by atoms with Crippen molar-refractivity contribution in [3.8, 4) is 17.1 Å². The molecule has 3 atom stereocenters. The topological polar surface area (TPSA) is 318 Å². The van der Waals surface area contributed by atoms with Gasteiger partial charge in [0.05, 0.1) is 147 Å². The van der Waals surface area contributed by atoms with Crippen LogP contribution in [0, 0.1) is 5.92 Å². The number of nitrogens with one attached hydrogen (secondary N) is 4. The highest BCUT2D eigenvalue weighted by Crippen LogP contribution is 2.45. The van der Waals surface area contributed by atoms with Crippen molar-refractivity contribution in [2.75, 3.05) is 131 Å². The lowest BCUT2D eigenvalue weighted by molar-refractivity contribution is -0.172. The van der Waals surface area contributed by atoms with E-state index >= 15 is 0 Å². The summed E-state index contributed by atoms with van der Waals surface area (Å²) in [7, 11) is 0. The summed E-state index contributed by atoms with van der Waals surface area (Å²) in [6.07, 6.45) is 2.93. The maximum atomic E-state index is 13.8. The molecule has 0 saturated carbocycles. The highest BCUT2D eigenvalue weighted by Gasteiger charge is 2.46. The van der Waals surface area contributed by atoms with Crippen molar-refractivity contribution < 1.29 is 86.0 Å². The predicted molar refractivity (Wildman–Crippen MR) is 291 cm³/mol. The van der Waals surface area contributed by atoms with Crippen LogP contribution in [0.15, 0.2) is 35.1 Å². The molecule has 0 unspecified atom stereocenters. The number of cyclic esters (lactones) is 1. The molecule has 4 aliphatic heterocycles. The SMILES string of the molecule is CC[C@@]1(O)C(=O)OCc2c1cc1n(c2=O)Cc2c-1nc1ccc(NC(=O)[C@H](C)NC(=O)[C@@H](NC(=O)CCOCCOCCOCCOCCOCCOCCOCCOCCNC(=O)CCN3C(=O)C=CC3=O)C(C)C)c3c1c2CCO3. The fourth-order valence-electron chi connectivity index (χ4n) is 9.42. The van der Waals surface area contributed by atoms with Crippen molar-refractivity contribution in [3.05, 3.63) is 63.0 Å². The lowest BCUT2D eigenvalue weighted by atomic mass is 9.86. The molecule has 82 heavy (non-hydrogen) atoms. The number of carbonyl (C=O) groups is 7. The maximum Gasteiger partial charge on any atom is 0.343 e. The van der Waals surface area contributed by atoms with E-state index in [0.717, 1.165) is 16.0 Å². The van der Waals surface area contributed by atoms with Crippen LogP contribution >= 0.6 is 0 Å². The molecule has 26 nitrogen and oxygen atoms in total. The first-order chi connectivity index (χ1) is 39.6. The quantitative estimate of drug-likeness (QED) is 0.0234. The first-order valence-corrected chi connectivity index (χ1v) is 27.7. The van der Waals surface area contributed by atoms with E-state index in [4.69, 9.17) is 52.4 Å². The lowest BCUT2D eigenvalue weighted by Crippen LogP contribution is -2.53. The minimum Gasteiger partial charge on any atom is -0.490 e. The second-order valence-electron chi connectivity index (χ2n) is 19.9. The zero-order chi connectivity index (χ0) is 58.6. The minimum absolute atomic E-state index is 0.00211. The van der Waals surface area contributed by atoms with E-state index in [0.29, 0.717) is 139 Å². The molecule has 7 rings (SSSR count). The Hall–Kier alpha value is -6.75. The zero-order valence-electron chi connectivity index (χ0n) is 46.9. The smallest absolute Gasteiger partial charge is 0.343 e. The largest absolute Gasteiger partial charge is 0.490 e. The van der Waals surface area contributed by atoms with Crippen LogP contribution in [-0.4, -0.2) is 198 Å². The summed E-state index contributed by atoms with van der Waals surface area (Å²) in [5.41, 5.74) is 1.85. The van der Waals surface area contributed by atoms with Gasteiger partial charge in [-0.05, 0) is 43.0 Å². The molecule has 0 aliphatic carbocycles. The summed E-state index contributed by atoms with van der Waals surface area (Å²) >= 11 is 0. The summed E-state index contributed by atoms with van der Waals surface area (Å²) in [5, 5.41) is 23.0. The van der Waals surface area contributed by atoms with Crippen molar-refractivity contribution in [3.63, 3.8) is 0 Å². The lowest BCUT2D eigenvalue weighted by Gasteiger charge is -2.31. The number of anilines is 1. The molecular formula is C56H75N7O19. The number of esters is 1. The normalized spacial score (nSPS) is 16.6. The first kappa shape index (κ1) is 62.8. The van der Waals surface area contributed by atoms with Gasteiger partial charge in [0, 0.05) is 61.0 Å². The zero-order valence-corrected chi connectivity index (χ0v) is 46.9. The molecule has 0 spiro atoms. The highest BCUT2D eigenvalue weighted by atomic mass is 16.6. The number of benzene rings is 1. The molecule has 0 fully saturated rings. The van der Waals surface area contributed by atoms with Crippen LogP contribution in [0.4, 0.5) is 5.69 Å². The third-order valence-electron chi connectivity index (χ3n) is 13.9. The number of aliphatic hydroxyl groups is 1. The van der Waals surface area contributed by atoms with E-state index < -0.39 is 53.2 Å². The van der Waals surface area contributed by atoms with Crippen molar-refractivity contribution in [2.45, 2.75) is 84.2 Å². The Bertz CT molecular complexity index is 2840. The van der Waals surface area contributed by atoms with Gasteiger partial charge in [0.1, 0.15) is 18.7 Å². The monoisotopic (exact) mass is 1150 g/mol. The van der Waals surface area contributed by atoms with E-state index in [-0.39, 0.29) is 87.3 Å². The van der Waals surface area contributed by atoms with Gasteiger partial charge in [-0.15, -0.1) is 0 Å². The third kappa shape index (κ3) is 16.5. The molecule has 448 valence electrons. The van der Waals surface area contributed by atoms with Crippen molar-refractivity contribution in [1.82, 2.24) is 30.4 Å². The van der Waals surface area contributed by atoms with Crippen molar-refractivity contribution in [1.29, 1.82) is 0 Å². The van der Waals surface area contributed by atoms with Gasteiger partial charge < -0.3 is 78.3 Å². The average Bonchev–Trinajstić information content (AvgIpc) is 1.91. The number of nitrogens with zero attached hydrogens (tertiary/aromatic N) is 3. The van der Waals surface area contributed by atoms with Gasteiger partial charge in [-0.3, -0.25) is 38.5 Å². The number of rotatable bonds is 37. The minimum atomic E-state index is -1.95. The predicted octanol–water partition coefficient (Wildman–Crippen LogP) is 0.553. The summed E-state index contributed by atoms with van der Waals surface area (Å²) in [6.45, 7) is 13.0. The highest BCUT2D eigenvalue weighted by molar-refractivity contribution is 6.13. The molecule has 0 radical (unpaired) electrons. The molecule has 3 aromatic rings. The Kier molecular flexibility index (Phi) is 23.8. The maximum absolute atomic E-state index is 13.8. The molecule has 6 amide bonds. The van der Waals surface area contributed by atoms with E-state index in [1.165, 1.54) is 19.1 Å². The first-order valence-electron chi connectivity index (χ1n) is 27.7. The van der Waals surface area contributed by atoms with Crippen LogP contribution in [0.1, 0.15) is 69.2 Å². The molecule has 5 N–H and O–H groups in total. The number of amides is 6. The van der Waals surface area contributed by atoms with Crippen molar-refractivity contribution >= 4 is 58.0 Å². The molecule has 4 aliphatic rings. The number of imide groups is 1. The van der Waals surface area contributed by atoms with Crippen LogP contribution in [0.2, 0.25) is 0 Å². The fourth-order valence-corrected chi connectivity index (χ4v) is 9.42. The number of hydrogen-bond acceptors (Lipinski definition) is 20. The second-order valence-corrected chi connectivity index (χ2v) is 19.9. The van der Waals surface area contributed by atoms with Crippen molar-refractivity contribution in [2.24, 2.45) is 5.92 Å². The van der Waals surface area contributed by atoms with Gasteiger partial charge in [0.2, 0.25) is 23.6 Å². The van der Waals surface area contributed by atoms with Crippen LogP contribution in [0.3, 0.4) is 0 Å². The van der Waals surface area contributed by atoms with Gasteiger partial charge in [-0.1, -0.05) is 20.8 Å². The molecule has 0 saturated heterocycles. The Morgan fingerprint density at radius 1 is 0.695 bits per heavy atom. The van der Waals surface area contributed by atoms with E-state index in [2.05, 4.69) is 21.3 Å². The fraction of sp³-hybridized carbons (Fsp3) is 0.589. The van der Waals surface area contributed by atoms with Gasteiger partial charge >= 0.3 is 5.97 Å². The third-order valence-corrected chi connectivity index (χ3v) is 13.9. The molecule has 2 aromatic heterocycles. The average molecular weight is 1150 g/mol. The number of fused-ring (bicyclic) bond motifs is 5. The Balaban J connectivity index is 0.676. The number of ether oxygens (including phenoxy) is 10. The summed E-state index contributed by atoms with van der Waals surface area (Å²) in [5.74, 6) is -3.24. The van der Waals surface area contributed by atoms with E-state index in [1.807, 2.05) is 0 Å². The molecule has 0 bridgehead atoms. The van der Waals surface area contributed by atoms with E-state index in [1.54, 1.807) is 43.5 Å². The van der Waals surface area contributed by atoms with Crippen LogP contribution < -0.4 is 31.6 Å². The Labute approximate surface area is 474 Å². The molecule has 6 heterocycles. The standard InChI is InChI=1S/C56H75N7O19/c1-5-56(72)40-32-43-50-38(33-63(43)54(70)39(40)34-82-55(56)71)37-11-16-81-51-42(7-6-41(59-50)48(37)51)60-52(68)36(4)58-53(69)49(35(2)3)61-45(65)12-15-73-18-20-75-22-24-77-26-28-79-30-31-80-29-27-78-25-23-76-21-19-74-17-13-57-44(64)10-14-62-46(66)8-9-47(62)67/h6-9,32,35-36,49,72H,5,10-31,33-34H2,1-4H3,(H,57,64)(H,58,69)(H,60,68)(H,61,65)/t36-,49-,56-/m0/s1. The molecule has 1 aromatic carbocycles. The van der Waals surface area contributed by atoms with Crippen LogP contribution in [0.5, 0.6) is 5.75 Å². The number of pyridine rings is 2. The summed E-state index contributed by atoms with van der Waals surface area (Å²) < 4.78 is 56.9. The van der Waals surface area contributed by atoms with Crippen LogP contribution in [0.25, 0.3) is 22.3 Å². The molecule has 26 heteroatoms.